The number of Topliss-reactive ketones (excluding diaryl/α,β-unsaturated/α-hetero) is 1. The predicted octanol–water partition coefficient (Wildman–Crippen LogP) is 2.04. The highest BCUT2D eigenvalue weighted by atomic mass is 32.2. The van der Waals surface area contributed by atoms with Crippen molar-refractivity contribution in [3.05, 3.63) is 17.0 Å². The van der Waals surface area contributed by atoms with Gasteiger partial charge in [-0.05, 0) is 19.3 Å². The minimum absolute atomic E-state index is 0.119. The van der Waals surface area contributed by atoms with Crippen molar-refractivity contribution in [2.45, 2.75) is 53.0 Å². The smallest absolute Gasteiger partial charge is 0.166 e. The van der Waals surface area contributed by atoms with Gasteiger partial charge in [0.1, 0.15) is 9.84 Å². The molecule has 0 bridgehead atoms. The maximum absolute atomic E-state index is 12.1. The Labute approximate surface area is 121 Å². The van der Waals surface area contributed by atoms with E-state index in [1.54, 1.807) is 0 Å². The molecular formula is C14H24N2O3S. The highest BCUT2D eigenvalue weighted by molar-refractivity contribution is 7.90. The third-order valence-electron chi connectivity index (χ3n) is 3.28. The second-order valence-corrected chi connectivity index (χ2v) is 7.22. The lowest BCUT2D eigenvalue weighted by Gasteiger charge is -2.06. The molecule has 0 fully saturated rings. The van der Waals surface area contributed by atoms with E-state index in [0.717, 1.165) is 23.4 Å². The lowest BCUT2D eigenvalue weighted by molar-refractivity contribution is 0.0986. The van der Waals surface area contributed by atoms with Crippen LogP contribution < -0.4 is 0 Å². The topological polar surface area (TPSA) is 69.0 Å². The van der Waals surface area contributed by atoms with Crippen LogP contribution in [-0.2, 0) is 29.2 Å². The van der Waals surface area contributed by atoms with Crippen LogP contribution in [0, 0.1) is 0 Å². The molecule has 0 radical (unpaired) electrons. The van der Waals surface area contributed by atoms with Gasteiger partial charge < -0.3 is 0 Å². The Kier molecular flexibility index (Phi) is 5.92. The van der Waals surface area contributed by atoms with Crippen LogP contribution in [0.3, 0.4) is 0 Å². The van der Waals surface area contributed by atoms with Gasteiger partial charge in [0.25, 0.3) is 0 Å². The van der Waals surface area contributed by atoms with Crippen LogP contribution >= 0.6 is 0 Å². The fourth-order valence-corrected chi connectivity index (χ4v) is 2.97. The molecule has 0 saturated heterocycles. The van der Waals surface area contributed by atoms with E-state index in [0.29, 0.717) is 25.8 Å². The summed E-state index contributed by atoms with van der Waals surface area (Å²) in [7, 11) is -2.95. The molecule has 20 heavy (non-hydrogen) atoms. The molecule has 0 unspecified atom stereocenters. The molecule has 6 heteroatoms. The molecule has 1 aromatic heterocycles. The van der Waals surface area contributed by atoms with E-state index < -0.39 is 9.84 Å². The van der Waals surface area contributed by atoms with Crippen LogP contribution in [0.2, 0.25) is 0 Å². The standard InChI is InChI=1S/C14H24N2O3S/c1-5-11-14(13(17)7-3)12(6-2)16(15-11)9-8-10-20(4,18)19/h5-10H2,1-4H3. The summed E-state index contributed by atoms with van der Waals surface area (Å²) in [5, 5.41) is 4.49. The Balaban J connectivity index is 3.02. The van der Waals surface area contributed by atoms with Crippen molar-refractivity contribution in [1.29, 1.82) is 0 Å². The number of ketones is 1. The van der Waals surface area contributed by atoms with Crippen molar-refractivity contribution in [3.63, 3.8) is 0 Å². The summed E-state index contributed by atoms with van der Waals surface area (Å²) >= 11 is 0. The molecule has 0 aliphatic heterocycles. The minimum Gasteiger partial charge on any atom is -0.294 e. The first kappa shape index (κ1) is 16.9. The van der Waals surface area contributed by atoms with E-state index in [-0.39, 0.29) is 11.5 Å². The van der Waals surface area contributed by atoms with Crippen molar-refractivity contribution in [1.82, 2.24) is 9.78 Å². The van der Waals surface area contributed by atoms with Crippen molar-refractivity contribution in [2.24, 2.45) is 0 Å². The molecule has 0 saturated carbocycles. The van der Waals surface area contributed by atoms with Crippen LogP contribution in [0.1, 0.15) is 55.4 Å². The van der Waals surface area contributed by atoms with Gasteiger partial charge in [-0.1, -0.05) is 20.8 Å². The molecule has 1 heterocycles. The maximum Gasteiger partial charge on any atom is 0.166 e. The van der Waals surface area contributed by atoms with E-state index in [9.17, 15) is 13.2 Å². The summed E-state index contributed by atoms with van der Waals surface area (Å²) in [5.74, 6) is 0.266. The molecule has 0 aliphatic rings. The molecule has 0 N–H and O–H groups in total. The number of carbonyl (C=O) groups excluding carboxylic acids is 1. The van der Waals surface area contributed by atoms with Gasteiger partial charge in [-0.15, -0.1) is 0 Å². The summed E-state index contributed by atoms with van der Waals surface area (Å²) in [6.45, 7) is 6.37. The lowest BCUT2D eigenvalue weighted by atomic mass is 10.0. The molecule has 0 amide bonds. The van der Waals surface area contributed by atoms with Crippen molar-refractivity contribution in [3.8, 4) is 0 Å². The zero-order chi connectivity index (χ0) is 15.3. The number of rotatable bonds is 8. The number of nitrogens with zero attached hydrogens (tertiary/aromatic N) is 2. The molecule has 114 valence electrons. The highest BCUT2D eigenvalue weighted by Crippen LogP contribution is 2.18. The average molecular weight is 300 g/mol. The zero-order valence-corrected chi connectivity index (χ0v) is 13.6. The number of carbonyl (C=O) groups is 1. The Bertz CT molecular complexity index is 573. The largest absolute Gasteiger partial charge is 0.294 e. The summed E-state index contributed by atoms with van der Waals surface area (Å²) in [4.78, 5) is 12.1. The number of aromatic nitrogens is 2. The van der Waals surface area contributed by atoms with Gasteiger partial charge in [-0.3, -0.25) is 9.48 Å². The Morgan fingerprint density at radius 3 is 2.30 bits per heavy atom. The Morgan fingerprint density at radius 2 is 1.85 bits per heavy atom. The van der Waals surface area contributed by atoms with Crippen molar-refractivity contribution < 1.29 is 13.2 Å². The monoisotopic (exact) mass is 300 g/mol. The van der Waals surface area contributed by atoms with E-state index in [1.807, 2.05) is 25.5 Å². The van der Waals surface area contributed by atoms with Gasteiger partial charge in [0.2, 0.25) is 0 Å². The number of sulfone groups is 1. The van der Waals surface area contributed by atoms with Crippen LogP contribution in [0.5, 0.6) is 0 Å². The number of aryl methyl sites for hydroxylation is 2. The highest BCUT2D eigenvalue weighted by Gasteiger charge is 2.20. The molecule has 0 aromatic carbocycles. The second kappa shape index (κ2) is 7.02. The van der Waals surface area contributed by atoms with Crippen molar-refractivity contribution in [2.75, 3.05) is 12.0 Å². The minimum atomic E-state index is -2.95. The maximum atomic E-state index is 12.1. The molecule has 0 atom stereocenters. The Morgan fingerprint density at radius 1 is 1.20 bits per heavy atom. The summed E-state index contributed by atoms with van der Waals surface area (Å²) in [6.07, 6.45) is 3.67. The first-order valence-corrected chi connectivity index (χ1v) is 9.19. The fraction of sp³-hybridized carbons (Fsp3) is 0.714. The number of hydrogen-bond donors (Lipinski definition) is 0. The predicted molar refractivity (Wildman–Crippen MR) is 79.9 cm³/mol. The lowest BCUT2D eigenvalue weighted by Crippen LogP contribution is -2.11. The summed E-state index contributed by atoms with van der Waals surface area (Å²) < 4.78 is 24.2. The molecule has 0 aliphatic carbocycles. The molecular weight excluding hydrogens is 276 g/mol. The van der Waals surface area contributed by atoms with Crippen molar-refractivity contribution >= 4 is 15.6 Å². The summed E-state index contributed by atoms with van der Waals surface area (Å²) in [5.41, 5.74) is 2.51. The van der Waals surface area contributed by atoms with E-state index >= 15 is 0 Å². The van der Waals surface area contributed by atoms with Crippen LogP contribution in [0.25, 0.3) is 0 Å². The van der Waals surface area contributed by atoms with Gasteiger partial charge in [-0.2, -0.15) is 5.10 Å². The first-order valence-electron chi connectivity index (χ1n) is 7.13. The third-order valence-corrected chi connectivity index (χ3v) is 4.32. The molecule has 1 rings (SSSR count). The van der Waals surface area contributed by atoms with Gasteiger partial charge in [0.05, 0.1) is 17.0 Å². The normalized spacial score (nSPS) is 11.8. The quantitative estimate of drug-likeness (QED) is 0.689. The molecule has 1 aromatic rings. The molecule has 5 nitrogen and oxygen atoms in total. The van der Waals surface area contributed by atoms with E-state index in [2.05, 4.69) is 5.10 Å². The van der Waals surface area contributed by atoms with Crippen LogP contribution in [0.4, 0.5) is 0 Å². The molecule has 0 spiro atoms. The number of hydrogen-bond acceptors (Lipinski definition) is 4. The Hall–Kier alpha value is -1.17. The van der Waals surface area contributed by atoms with Crippen LogP contribution in [-0.4, -0.2) is 36.0 Å². The first-order chi connectivity index (χ1) is 9.34. The van der Waals surface area contributed by atoms with E-state index in [4.69, 9.17) is 0 Å². The van der Waals surface area contributed by atoms with Gasteiger partial charge in [-0.25, -0.2) is 8.42 Å². The fourth-order valence-electron chi connectivity index (χ4n) is 2.32. The van der Waals surface area contributed by atoms with Crippen LogP contribution in [0.15, 0.2) is 0 Å². The van der Waals surface area contributed by atoms with E-state index in [1.165, 1.54) is 6.26 Å². The second-order valence-electron chi connectivity index (χ2n) is 4.96. The summed E-state index contributed by atoms with van der Waals surface area (Å²) in [6, 6.07) is 0. The van der Waals surface area contributed by atoms with Gasteiger partial charge in [0, 0.05) is 24.9 Å². The zero-order valence-electron chi connectivity index (χ0n) is 12.8. The van der Waals surface area contributed by atoms with Gasteiger partial charge >= 0.3 is 0 Å². The SMILES string of the molecule is CCC(=O)c1c(CC)nn(CCCS(C)(=O)=O)c1CC. The van der Waals surface area contributed by atoms with Gasteiger partial charge in [0.15, 0.2) is 5.78 Å². The average Bonchev–Trinajstić information content (AvgIpc) is 2.74. The third kappa shape index (κ3) is 4.16.